The van der Waals surface area contributed by atoms with E-state index in [9.17, 15) is 22.9 Å². The standard InChI is InChI=1S/C12H13FN2O4S/c1-5-12(2,3)14(4)20(18,19)11-9(13)7-6-8-10(11)15(16)17/h1,6-8H,2-4H3. The van der Waals surface area contributed by atoms with E-state index in [1.807, 2.05) is 0 Å². The van der Waals surface area contributed by atoms with Crippen molar-refractivity contribution in [2.75, 3.05) is 7.05 Å². The van der Waals surface area contributed by atoms with Gasteiger partial charge in [-0.25, -0.2) is 12.8 Å². The van der Waals surface area contributed by atoms with Crippen LogP contribution in [-0.2, 0) is 10.0 Å². The molecule has 1 rings (SSSR count). The van der Waals surface area contributed by atoms with Gasteiger partial charge < -0.3 is 0 Å². The molecule has 8 heteroatoms. The van der Waals surface area contributed by atoms with Crippen LogP contribution in [0.2, 0.25) is 0 Å². The second-order valence-corrected chi connectivity index (χ2v) is 6.43. The van der Waals surface area contributed by atoms with E-state index in [0.717, 1.165) is 29.6 Å². The van der Waals surface area contributed by atoms with Crippen molar-refractivity contribution in [1.29, 1.82) is 0 Å². The Balaban J connectivity index is 3.61. The van der Waals surface area contributed by atoms with Crippen LogP contribution in [0.25, 0.3) is 0 Å². The number of nitrogens with zero attached hydrogens (tertiary/aromatic N) is 2. The fraction of sp³-hybridized carbons (Fsp3) is 0.333. The fourth-order valence-electron chi connectivity index (χ4n) is 1.42. The molecule has 0 spiro atoms. The third kappa shape index (κ3) is 2.64. The smallest absolute Gasteiger partial charge is 0.258 e. The molecule has 0 saturated carbocycles. The maximum atomic E-state index is 13.8. The first-order valence-electron chi connectivity index (χ1n) is 5.45. The predicted octanol–water partition coefficient (Wildman–Crippen LogP) is 1.77. The van der Waals surface area contributed by atoms with Gasteiger partial charge in [0.05, 0.1) is 10.5 Å². The molecule has 0 fully saturated rings. The van der Waals surface area contributed by atoms with E-state index in [0.29, 0.717) is 0 Å². The largest absolute Gasteiger partial charge is 0.292 e. The third-order valence-electron chi connectivity index (χ3n) is 2.90. The summed E-state index contributed by atoms with van der Waals surface area (Å²) in [6, 6.07) is 2.84. The topological polar surface area (TPSA) is 80.5 Å². The van der Waals surface area contributed by atoms with Crippen LogP contribution in [0.3, 0.4) is 0 Å². The number of nitro groups is 1. The van der Waals surface area contributed by atoms with Crippen LogP contribution in [-0.4, -0.2) is 30.2 Å². The second kappa shape index (κ2) is 5.19. The van der Waals surface area contributed by atoms with Crippen molar-refractivity contribution < 1.29 is 17.7 Å². The van der Waals surface area contributed by atoms with Gasteiger partial charge in [0.25, 0.3) is 15.7 Å². The molecule has 1 aromatic carbocycles. The molecule has 6 nitrogen and oxygen atoms in total. The highest BCUT2D eigenvalue weighted by Crippen LogP contribution is 2.31. The Morgan fingerprint density at radius 1 is 1.45 bits per heavy atom. The van der Waals surface area contributed by atoms with Crippen LogP contribution in [0.15, 0.2) is 23.1 Å². The van der Waals surface area contributed by atoms with Crippen LogP contribution >= 0.6 is 0 Å². The Morgan fingerprint density at radius 2 is 2.00 bits per heavy atom. The summed E-state index contributed by atoms with van der Waals surface area (Å²) in [4.78, 5) is 8.94. The minimum atomic E-state index is -4.44. The maximum absolute atomic E-state index is 13.8. The zero-order chi connectivity index (χ0) is 15.7. The average Bonchev–Trinajstić information content (AvgIpc) is 2.36. The van der Waals surface area contributed by atoms with Gasteiger partial charge in [-0.3, -0.25) is 10.1 Å². The lowest BCUT2D eigenvalue weighted by Gasteiger charge is -2.29. The Kier molecular flexibility index (Phi) is 4.17. The van der Waals surface area contributed by atoms with Crippen molar-refractivity contribution >= 4 is 15.7 Å². The maximum Gasteiger partial charge on any atom is 0.292 e. The van der Waals surface area contributed by atoms with Crippen LogP contribution in [0.4, 0.5) is 10.1 Å². The summed E-state index contributed by atoms with van der Waals surface area (Å²) in [7, 11) is -3.30. The first-order chi connectivity index (χ1) is 9.05. The average molecular weight is 300 g/mol. The van der Waals surface area contributed by atoms with E-state index in [1.165, 1.54) is 13.8 Å². The number of nitro benzene ring substituents is 1. The van der Waals surface area contributed by atoms with Crippen molar-refractivity contribution in [3.63, 3.8) is 0 Å². The minimum absolute atomic E-state index is 0.728. The summed E-state index contributed by atoms with van der Waals surface area (Å²) in [6.45, 7) is 2.86. The zero-order valence-electron chi connectivity index (χ0n) is 11.1. The lowest BCUT2D eigenvalue weighted by atomic mass is 10.1. The molecule has 20 heavy (non-hydrogen) atoms. The van der Waals surface area contributed by atoms with Gasteiger partial charge in [-0.05, 0) is 19.9 Å². The van der Waals surface area contributed by atoms with Gasteiger partial charge in [0.2, 0.25) is 0 Å². The molecule has 0 unspecified atom stereocenters. The van der Waals surface area contributed by atoms with Crippen molar-refractivity contribution in [3.8, 4) is 12.3 Å². The molecule has 0 saturated heterocycles. The van der Waals surface area contributed by atoms with Crippen molar-refractivity contribution in [2.24, 2.45) is 0 Å². The van der Waals surface area contributed by atoms with Crippen molar-refractivity contribution in [2.45, 2.75) is 24.3 Å². The van der Waals surface area contributed by atoms with Crippen LogP contribution in [0.1, 0.15) is 13.8 Å². The van der Waals surface area contributed by atoms with Crippen LogP contribution < -0.4 is 0 Å². The van der Waals surface area contributed by atoms with E-state index < -0.39 is 36.9 Å². The molecular weight excluding hydrogens is 287 g/mol. The van der Waals surface area contributed by atoms with E-state index >= 15 is 0 Å². The first kappa shape index (κ1) is 16.1. The molecule has 1 aromatic rings. The number of benzene rings is 1. The van der Waals surface area contributed by atoms with E-state index in [2.05, 4.69) is 5.92 Å². The molecule has 0 aromatic heterocycles. The number of halogens is 1. The molecule has 108 valence electrons. The Bertz CT molecular complexity index is 692. The fourth-order valence-corrected chi connectivity index (χ4v) is 3.07. The molecule has 0 heterocycles. The second-order valence-electron chi connectivity index (χ2n) is 4.52. The van der Waals surface area contributed by atoms with E-state index in [4.69, 9.17) is 6.42 Å². The Morgan fingerprint density at radius 3 is 2.45 bits per heavy atom. The number of rotatable bonds is 4. The van der Waals surface area contributed by atoms with Gasteiger partial charge in [-0.15, -0.1) is 6.42 Å². The normalized spacial score (nSPS) is 12.2. The number of terminal acetylenes is 1. The quantitative estimate of drug-likeness (QED) is 0.482. The van der Waals surface area contributed by atoms with Crippen LogP contribution in [0, 0.1) is 28.3 Å². The molecule has 0 aliphatic rings. The highest BCUT2D eigenvalue weighted by Gasteiger charge is 2.39. The number of hydrogen-bond donors (Lipinski definition) is 0. The number of hydrogen-bond acceptors (Lipinski definition) is 4. The van der Waals surface area contributed by atoms with Crippen molar-refractivity contribution in [1.82, 2.24) is 4.31 Å². The highest BCUT2D eigenvalue weighted by molar-refractivity contribution is 7.89. The van der Waals surface area contributed by atoms with Gasteiger partial charge in [-0.1, -0.05) is 12.0 Å². The van der Waals surface area contributed by atoms with Crippen molar-refractivity contribution in [3.05, 3.63) is 34.1 Å². The SMILES string of the molecule is C#CC(C)(C)N(C)S(=O)(=O)c1c(F)cccc1[N+](=O)[O-]. The minimum Gasteiger partial charge on any atom is -0.258 e. The molecule has 0 atom stereocenters. The zero-order valence-corrected chi connectivity index (χ0v) is 11.9. The van der Waals surface area contributed by atoms with E-state index in [-0.39, 0.29) is 0 Å². The molecule has 0 bridgehead atoms. The summed E-state index contributed by atoms with van der Waals surface area (Å²) >= 11 is 0. The summed E-state index contributed by atoms with van der Waals surface area (Å²) in [5.74, 6) is 1.04. The van der Waals surface area contributed by atoms with Gasteiger partial charge in [0, 0.05) is 13.1 Å². The van der Waals surface area contributed by atoms with Gasteiger partial charge in [-0.2, -0.15) is 4.31 Å². The molecule has 0 N–H and O–H groups in total. The molecular formula is C12H13FN2O4S. The third-order valence-corrected chi connectivity index (χ3v) is 5.00. The molecule has 0 aliphatic carbocycles. The summed E-state index contributed by atoms with van der Waals surface area (Å²) in [6.07, 6.45) is 5.23. The molecule has 0 aliphatic heterocycles. The monoisotopic (exact) mass is 300 g/mol. The lowest BCUT2D eigenvalue weighted by Crippen LogP contribution is -2.44. The van der Waals surface area contributed by atoms with Crippen LogP contribution in [0.5, 0.6) is 0 Å². The lowest BCUT2D eigenvalue weighted by molar-refractivity contribution is -0.388. The number of sulfonamides is 1. The summed E-state index contributed by atoms with van der Waals surface area (Å²) in [5, 5.41) is 10.9. The molecule has 0 amide bonds. The van der Waals surface area contributed by atoms with Gasteiger partial charge in [0.15, 0.2) is 4.90 Å². The van der Waals surface area contributed by atoms with E-state index in [1.54, 1.807) is 0 Å². The molecule has 0 radical (unpaired) electrons. The summed E-state index contributed by atoms with van der Waals surface area (Å²) < 4.78 is 39.3. The highest BCUT2D eigenvalue weighted by atomic mass is 32.2. The Labute approximate surface area is 116 Å². The van der Waals surface area contributed by atoms with Gasteiger partial charge in [0.1, 0.15) is 5.82 Å². The predicted molar refractivity (Wildman–Crippen MR) is 70.9 cm³/mol. The summed E-state index contributed by atoms with van der Waals surface area (Å²) in [5.41, 5.74) is -2.08. The van der Waals surface area contributed by atoms with Gasteiger partial charge >= 0.3 is 0 Å². The first-order valence-corrected chi connectivity index (χ1v) is 6.89. The Hall–Kier alpha value is -1.98.